The van der Waals surface area contributed by atoms with Crippen LogP contribution in [0.2, 0.25) is 5.15 Å². The van der Waals surface area contributed by atoms with E-state index in [2.05, 4.69) is 16.0 Å². The van der Waals surface area contributed by atoms with Crippen LogP contribution in [-0.2, 0) is 6.54 Å². The first kappa shape index (κ1) is 18.5. The van der Waals surface area contributed by atoms with Crippen molar-refractivity contribution in [2.24, 2.45) is 0 Å². The topological polar surface area (TPSA) is 96.3 Å². The Morgan fingerprint density at radius 1 is 1.04 bits per heavy atom. The van der Waals surface area contributed by atoms with Crippen molar-refractivity contribution in [1.29, 1.82) is 0 Å². The molecule has 1 heterocycles. The molecule has 8 heteroatoms. The smallest absolute Gasteiger partial charge is 0.274 e. The first-order chi connectivity index (χ1) is 13.0. The van der Waals surface area contributed by atoms with Gasteiger partial charge in [0.05, 0.1) is 12.2 Å². The zero-order valence-electron chi connectivity index (χ0n) is 14.4. The van der Waals surface area contributed by atoms with Crippen LogP contribution < -0.4 is 10.9 Å². The van der Waals surface area contributed by atoms with E-state index in [1.165, 1.54) is 28.9 Å². The van der Waals surface area contributed by atoms with Gasteiger partial charge < -0.3 is 5.11 Å². The van der Waals surface area contributed by atoms with Gasteiger partial charge in [-0.2, -0.15) is 5.10 Å². The highest BCUT2D eigenvalue weighted by Crippen LogP contribution is 2.20. The third-order valence-corrected chi connectivity index (χ3v) is 4.27. The standard InChI is InChI=1S/C19H17ClN4O3/c1-12-16(17(20)24(23-12)11-13-5-3-2-4-6-13)19(27)22-21-18(26)14-7-9-15(25)10-8-14/h2-10,25H,11H2,1H3,(H,21,26)(H,22,27). The molecule has 0 unspecified atom stereocenters. The summed E-state index contributed by atoms with van der Waals surface area (Å²) in [5.41, 5.74) is 6.57. The van der Waals surface area contributed by atoms with E-state index in [9.17, 15) is 14.7 Å². The quantitative estimate of drug-likeness (QED) is 0.602. The molecule has 0 aliphatic carbocycles. The molecular weight excluding hydrogens is 368 g/mol. The van der Waals surface area contributed by atoms with Gasteiger partial charge in [-0.25, -0.2) is 4.68 Å². The normalized spacial score (nSPS) is 10.4. The number of halogens is 1. The highest BCUT2D eigenvalue weighted by molar-refractivity contribution is 6.33. The van der Waals surface area contributed by atoms with Crippen LogP contribution in [0.1, 0.15) is 32.0 Å². The number of hydrazine groups is 1. The molecule has 2 aromatic carbocycles. The molecule has 0 saturated heterocycles. The lowest BCUT2D eigenvalue weighted by atomic mass is 10.2. The van der Waals surface area contributed by atoms with Crippen molar-refractivity contribution in [2.75, 3.05) is 0 Å². The van der Waals surface area contributed by atoms with Gasteiger partial charge in [-0.3, -0.25) is 20.4 Å². The number of nitrogens with one attached hydrogen (secondary N) is 2. The summed E-state index contributed by atoms with van der Waals surface area (Å²) in [7, 11) is 0. The Morgan fingerprint density at radius 3 is 2.33 bits per heavy atom. The molecule has 3 N–H and O–H groups in total. The van der Waals surface area contributed by atoms with Crippen LogP contribution in [0.25, 0.3) is 0 Å². The SMILES string of the molecule is Cc1nn(Cc2ccccc2)c(Cl)c1C(=O)NNC(=O)c1ccc(O)cc1. The molecule has 1 aromatic heterocycles. The lowest BCUT2D eigenvalue weighted by Crippen LogP contribution is -2.41. The average Bonchev–Trinajstić information content (AvgIpc) is 2.94. The second kappa shape index (κ2) is 7.92. The van der Waals surface area contributed by atoms with Crippen LogP contribution in [0, 0.1) is 6.92 Å². The van der Waals surface area contributed by atoms with Crippen molar-refractivity contribution in [3.05, 3.63) is 82.1 Å². The number of aryl methyl sites for hydroxylation is 1. The lowest BCUT2D eigenvalue weighted by molar-refractivity contribution is 0.0846. The number of aromatic nitrogens is 2. The molecule has 27 heavy (non-hydrogen) atoms. The highest BCUT2D eigenvalue weighted by Gasteiger charge is 2.21. The van der Waals surface area contributed by atoms with Crippen LogP contribution >= 0.6 is 11.6 Å². The van der Waals surface area contributed by atoms with Crippen molar-refractivity contribution in [1.82, 2.24) is 20.6 Å². The van der Waals surface area contributed by atoms with Gasteiger partial charge in [-0.05, 0) is 36.8 Å². The first-order valence-corrected chi connectivity index (χ1v) is 8.50. The van der Waals surface area contributed by atoms with E-state index in [1.54, 1.807) is 6.92 Å². The maximum absolute atomic E-state index is 12.4. The number of rotatable bonds is 4. The van der Waals surface area contributed by atoms with E-state index in [0.29, 0.717) is 12.2 Å². The van der Waals surface area contributed by atoms with E-state index in [1.807, 2.05) is 30.3 Å². The number of benzene rings is 2. The molecule has 0 bridgehead atoms. The summed E-state index contributed by atoms with van der Waals surface area (Å²) in [4.78, 5) is 24.5. The van der Waals surface area contributed by atoms with E-state index >= 15 is 0 Å². The summed E-state index contributed by atoms with van der Waals surface area (Å²) in [6, 6.07) is 15.2. The number of aromatic hydroxyl groups is 1. The van der Waals surface area contributed by atoms with Crippen molar-refractivity contribution in [2.45, 2.75) is 13.5 Å². The maximum atomic E-state index is 12.4. The molecule has 0 radical (unpaired) electrons. The Hall–Kier alpha value is -3.32. The predicted molar refractivity (Wildman–Crippen MR) is 101 cm³/mol. The number of phenols is 1. The van der Waals surface area contributed by atoms with Crippen molar-refractivity contribution >= 4 is 23.4 Å². The highest BCUT2D eigenvalue weighted by atomic mass is 35.5. The second-order valence-electron chi connectivity index (χ2n) is 5.85. The van der Waals surface area contributed by atoms with Crippen LogP contribution in [0.5, 0.6) is 5.75 Å². The fourth-order valence-electron chi connectivity index (χ4n) is 2.53. The van der Waals surface area contributed by atoms with Crippen LogP contribution in [0.15, 0.2) is 54.6 Å². The van der Waals surface area contributed by atoms with Crippen LogP contribution in [-0.4, -0.2) is 26.7 Å². The fourth-order valence-corrected chi connectivity index (χ4v) is 2.85. The second-order valence-corrected chi connectivity index (χ2v) is 6.21. The fraction of sp³-hybridized carbons (Fsp3) is 0.105. The summed E-state index contributed by atoms with van der Waals surface area (Å²) in [6.07, 6.45) is 0. The van der Waals surface area contributed by atoms with E-state index < -0.39 is 11.8 Å². The van der Waals surface area contributed by atoms with Gasteiger partial charge in [0.2, 0.25) is 0 Å². The van der Waals surface area contributed by atoms with Crippen molar-refractivity contribution < 1.29 is 14.7 Å². The molecule has 0 spiro atoms. The third kappa shape index (κ3) is 4.27. The Bertz CT molecular complexity index is 969. The average molecular weight is 385 g/mol. The molecule has 7 nitrogen and oxygen atoms in total. The molecule has 3 aromatic rings. The minimum atomic E-state index is -0.566. The molecule has 0 aliphatic heterocycles. The van der Waals surface area contributed by atoms with Crippen molar-refractivity contribution in [3.63, 3.8) is 0 Å². The van der Waals surface area contributed by atoms with Crippen LogP contribution in [0.3, 0.4) is 0 Å². The Morgan fingerprint density at radius 2 is 1.67 bits per heavy atom. The zero-order valence-corrected chi connectivity index (χ0v) is 15.2. The number of nitrogens with zero attached hydrogens (tertiary/aromatic N) is 2. The third-order valence-electron chi connectivity index (χ3n) is 3.89. The number of phenolic OH excluding ortho intramolecular Hbond substituents is 1. The minimum Gasteiger partial charge on any atom is -0.508 e. The number of carbonyl (C=O) groups is 2. The molecule has 138 valence electrons. The first-order valence-electron chi connectivity index (χ1n) is 8.12. The van der Waals surface area contributed by atoms with Crippen LogP contribution in [0.4, 0.5) is 0 Å². The molecule has 0 fully saturated rings. The summed E-state index contributed by atoms with van der Waals surface area (Å²) in [5.74, 6) is -1.04. The van der Waals surface area contributed by atoms with Gasteiger partial charge in [-0.1, -0.05) is 41.9 Å². The molecule has 0 saturated carbocycles. The van der Waals surface area contributed by atoms with Gasteiger partial charge in [0, 0.05) is 5.56 Å². The summed E-state index contributed by atoms with van der Waals surface area (Å²) in [5, 5.41) is 13.7. The minimum absolute atomic E-state index is 0.0452. The Balaban J connectivity index is 1.69. The predicted octanol–water partition coefficient (Wildman–Crippen LogP) is 2.67. The van der Waals surface area contributed by atoms with Gasteiger partial charge in [0.25, 0.3) is 11.8 Å². The van der Waals surface area contributed by atoms with E-state index in [4.69, 9.17) is 11.6 Å². The molecule has 0 atom stereocenters. The number of carbonyl (C=O) groups excluding carboxylic acids is 2. The maximum Gasteiger partial charge on any atom is 0.274 e. The summed E-state index contributed by atoms with van der Waals surface area (Å²) < 4.78 is 1.53. The Kier molecular flexibility index (Phi) is 5.42. The van der Waals surface area contributed by atoms with Gasteiger partial charge in [-0.15, -0.1) is 0 Å². The summed E-state index contributed by atoms with van der Waals surface area (Å²) in [6.45, 7) is 2.09. The molecule has 2 amide bonds. The van der Waals surface area contributed by atoms with Gasteiger partial charge in [0.1, 0.15) is 16.5 Å². The lowest BCUT2D eigenvalue weighted by Gasteiger charge is -2.08. The molecular formula is C19H17ClN4O3. The van der Waals surface area contributed by atoms with Gasteiger partial charge >= 0.3 is 0 Å². The number of amides is 2. The van der Waals surface area contributed by atoms with Gasteiger partial charge in [0.15, 0.2) is 0 Å². The number of hydrogen-bond acceptors (Lipinski definition) is 4. The zero-order chi connectivity index (χ0) is 19.4. The monoisotopic (exact) mass is 384 g/mol. The van der Waals surface area contributed by atoms with E-state index in [0.717, 1.165) is 5.56 Å². The van der Waals surface area contributed by atoms with Crippen molar-refractivity contribution in [3.8, 4) is 5.75 Å². The molecule has 3 rings (SSSR count). The largest absolute Gasteiger partial charge is 0.508 e. The summed E-state index contributed by atoms with van der Waals surface area (Å²) >= 11 is 6.32. The molecule has 0 aliphatic rings. The number of hydrogen-bond donors (Lipinski definition) is 3. The Labute approximate surface area is 160 Å². The van der Waals surface area contributed by atoms with E-state index in [-0.39, 0.29) is 22.0 Å².